The summed E-state index contributed by atoms with van der Waals surface area (Å²) in [4.78, 5) is 24.8. The lowest BCUT2D eigenvalue weighted by molar-refractivity contribution is -0.128. The molecule has 3 rings (SSSR count). The molecule has 0 saturated carbocycles. The Hall–Kier alpha value is -3.38. The Morgan fingerprint density at radius 2 is 1.75 bits per heavy atom. The molecule has 5 nitrogen and oxygen atoms in total. The highest BCUT2D eigenvalue weighted by atomic mass is 32.1. The topological polar surface area (TPSA) is 67.4 Å². The number of benzene rings is 2. The van der Waals surface area contributed by atoms with Gasteiger partial charge in [-0.05, 0) is 41.6 Å². The van der Waals surface area contributed by atoms with E-state index >= 15 is 0 Å². The van der Waals surface area contributed by atoms with Gasteiger partial charge in [-0.2, -0.15) is 0 Å². The summed E-state index contributed by atoms with van der Waals surface area (Å²) >= 11 is 1.55. The average molecular weight is 392 g/mol. The molecule has 0 aliphatic heterocycles. The molecule has 2 N–H and O–H groups in total. The molecule has 0 radical (unpaired) electrons. The fourth-order valence-electron chi connectivity index (χ4n) is 2.51. The van der Waals surface area contributed by atoms with Crippen LogP contribution in [0.15, 0.2) is 72.1 Å². The first kappa shape index (κ1) is 19.4. The molecule has 1 aromatic heterocycles. The zero-order valence-corrected chi connectivity index (χ0v) is 16.2. The summed E-state index contributed by atoms with van der Waals surface area (Å²) in [6.45, 7) is 1.76. The molecule has 6 heteroatoms. The molecule has 2 aromatic carbocycles. The maximum Gasteiger partial charge on any atom is 0.276 e. The Labute approximate surface area is 167 Å². The lowest BCUT2D eigenvalue weighted by Crippen LogP contribution is -2.43. The van der Waals surface area contributed by atoms with Crippen LogP contribution in [0.4, 0.5) is 0 Å². The van der Waals surface area contributed by atoms with Crippen LogP contribution in [0.3, 0.4) is 0 Å². The van der Waals surface area contributed by atoms with E-state index in [0.717, 1.165) is 21.6 Å². The van der Waals surface area contributed by atoms with Gasteiger partial charge in [0, 0.05) is 16.5 Å². The summed E-state index contributed by atoms with van der Waals surface area (Å²) in [5.74, 6) is -0.258. The van der Waals surface area contributed by atoms with E-state index < -0.39 is 11.8 Å². The van der Waals surface area contributed by atoms with E-state index in [1.54, 1.807) is 23.5 Å². The van der Waals surface area contributed by atoms with Gasteiger partial charge >= 0.3 is 0 Å². The molecule has 0 unspecified atom stereocenters. The third kappa shape index (κ3) is 5.31. The van der Waals surface area contributed by atoms with Crippen molar-refractivity contribution in [3.05, 3.63) is 82.6 Å². The van der Waals surface area contributed by atoms with E-state index in [4.69, 9.17) is 4.74 Å². The summed E-state index contributed by atoms with van der Waals surface area (Å²) in [6, 6.07) is 19.3. The maximum absolute atomic E-state index is 12.0. The average Bonchev–Trinajstić information content (AvgIpc) is 3.14. The lowest BCUT2D eigenvalue weighted by atomic mass is 10.1. The molecule has 1 heterocycles. The highest BCUT2D eigenvalue weighted by Crippen LogP contribution is 2.29. The van der Waals surface area contributed by atoms with Crippen LogP contribution in [0, 0.1) is 6.92 Å². The highest BCUT2D eigenvalue weighted by Gasteiger charge is 2.08. The molecule has 142 valence electrons. The van der Waals surface area contributed by atoms with E-state index in [0.29, 0.717) is 5.75 Å². The predicted molar refractivity (Wildman–Crippen MR) is 112 cm³/mol. The van der Waals surface area contributed by atoms with E-state index in [2.05, 4.69) is 10.9 Å². The van der Waals surface area contributed by atoms with Crippen LogP contribution in [-0.2, 0) is 9.59 Å². The second kappa shape index (κ2) is 9.53. The number of hydrazine groups is 1. The summed E-state index contributed by atoms with van der Waals surface area (Å²) in [7, 11) is 0. The Morgan fingerprint density at radius 3 is 2.50 bits per heavy atom. The van der Waals surface area contributed by atoms with Crippen molar-refractivity contribution >= 4 is 29.2 Å². The van der Waals surface area contributed by atoms with Crippen LogP contribution in [0.25, 0.3) is 17.2 Å². The number of rotatable bonds is 6. The van der Waals surface area contributed by atoms with Crippen molar-refractivity contribution in [2.75, 3.05) is 6.61 Å². The van der Waals surface area contributed by atoms with Gasteiger partial charge < -0.3 is 4.74 Å². The smallest absolute Gasteiger partial charge is 0.276 e. The van der Waals surface area contributed by atoms with Gasteiger partial charge in [0.1, 0.15) is 5.75 Å². The van der Waals surface area contributed by atoms with Crippen LogP contribution < -0.4 is 15.6 Å². The van der Waals surface area contributed by atoms with Crippen LogP contribution in [0.1, 0.15) is 10.4 Å². The van der Waals surface area contributed by atoms with Crippen molar-refractivity contribution in [2.24, 2.45) is 0 Å². The van der Waals surface area contributed by atoms with Crippen molar-refractivity contribution in [1.29, 1.82) is 0 Å². The molecule has 0 saturated heterocycles. The number of ether oxygens (including phenoxy) is 1. The second-order valence-corrected chi connectivity index (χ2v) is 6.94. The molecule has 0 fully saturated rings. The molecule has 2 amide bonds. The minimum absolute atomic E-state index is 0.210. The van der Waals surface area contributed by atoms with Crippen molar-refractivity contribution in [1.82, 2.24) is 10.9 Å². The largest absolute Gasteiger partial charge is 0.483 e. The van der Waals surface area contributed by atoms with E-state index in [1.165, 1.54) is 6.08 Å². The molecule has 0 atom stereocenters. The Balaban J connectivity index is 1.51. The molecule has 0 spiro atoms. The summed E-state index contributed by atoms with van der Waals surface area (Å²) in [5.41, 5.74) is 7.69. The molecular weight excluding hydrogens is 372 g/mol. The Kier molecular flexibility index (Phi) is 6.59. The highest BCUT2D eigenvalue weighted by molar-refractivity contribution is 7.11. The fourth-order valence-corrected chi connectivity index (χ4v) is 3.33. The summed E-state index contributed by atoms with van der Waals surface area (Å²) in [6.07, 6.45) is 3.10. The molecule has 0 aliphatic rings. The van der Waals surface area contributed by atoms with Crippen LogP contribution >= 0.6 is 11.3 Å². The third-order valence-electron chi connectivity index (χ3n) is 3.94. The molecule has 0 aliphatic carbocycles. The first-order valence-corrected chi connectivity index (χ1v) is 9.59. The SMILES string of the molecule is Cc1ccsc1C=CC(=O)NNC(=O)COc1ccccc1-c1ccccc1. The fraction of sp³-hybridized carbons (Fsp3) is 0.0909. The molecular formula is C22H20N2O3S. The van der Waals surface area contributed by atoms with Crippen LogP contribution in [-0.4, -0.2) is 18.4 Å². The van der Waals surface area contributed by atoms with Gasteiger partial charge in [-0.1, -0.05) is 48.5 Å². The standard InChI is InChI=1S/C22H20N2O3S/c1-16-13-14-28-20(16)11-12-21(25)23-24-22(26)15-27-19-10-6-5-9-18(19)17-7-3-2-4-8-17/h2-14H,15H2,1H3,(H,23,25)(H,24,26). The normalized spacial score (nSPS) is 10.6. The van der Waals surface area contributed by atoms with Crippen LogP contribution in [0.2, 0.25) is 0 Å². The number of aryl methyl sites for hydroxylation is 1. The second-order valence-electron chi connectivity index (χ2n) is 5.99. The third-order valence-corrected chi connectivity index (χ3v) is 4.93. The van der Waals surface area contributed by atoms with E-state index in [1.807, 2.05) is 66.9 Å². The Morgan fingerprint density at radius 1 is 1.00 bits per heavy atom. The molecule has 0 bridgehead atoms. The van der Waals surface area contributed by atoms with Crippen molar-refractivity contribution in [2.45, 2.75) is 6.92 Å². The monoisotopic (exact) mass is 392 g/mol. The van der Waals surface area contributed by atoms with E-state index in [9.17, 15) is 9.59 Å². The first-order valence-electron chi connectivity index (χ1n) is 8.72. The van der Waals surface area contributed by atoms with Gasteiger partial charge in [-0.3, -0.25) is 20.4 Å². The number of amides is 2. The Bertz CT molecular complexity index is 980. The number of thiophene rings is 1. The van der Waals surface area contributed by atoms with Crippen molar-refractivity contribution in [3.63, 3.8) is 0 Å². The first-order chi connectivity index (χ1) is 13.6. The van der Waals surface area contributed by atoms with Crippen molar-refractivity contribution < 1.29 is 14.3 Å². The van der Waals surface area contributed by atoms with Gasteiger partial charge in [-0.15, -0.1) is 11.3 Å². The van der Waals surface area contributed by atoms with Crippen LogP contribution in [0.5, 0.6) is 5.75 Å². The number of nitrogens with one attached hydrogen (secondary N) is 2. The predicted octanol–water partition coefficient (Wildman–Crippen LogP) is 3.96. The van der Waals surface area contributed by atoms with Gasteiger partial charge in [0.2, 0.25) is 0 Å². The van der Waals surface area contributed by atoms with Crippen molar-refractivity contribution in [3.8, 4) is 16.9 Å². The minimum atomic E-state index is -0.447. The zero-order valence-electron chi connectivity index (χ0n) is 15.3. The zero-order chi connectivity index (χ0) is 19.8. The van der Waals surface area contributed by atoms with Gasteiger partial charge in [0.15, 0.2) is 6.61 Å². The minimum Gasteiger partial charge on any atom is -0.483 e. The van der Waals surface area contributed by atoms with Gasteiger partial charge in [0.05, 0.1) is 0 Å². The quantitative estimate of drug-likeness (QED) is 0.493. The maximum atomic E-state index is 12.0. The van der Waals surface area contributed by atoms with E-state index in [-0.39, 0.29) is 6.61 Å². The number of para-hydroxylation sites is 1. The number of carbonyl (C=O) groups excluding carboxylic acids is 2. The number of carbonyl (C=O) groups is 2. The van der Waals surface area contributed by atoms with Gasteiger partial charge in [0.25, 0.3) is 11.8 Å². The lowest BCUT2D eigenvalue weighted by Gasteiger charge is -2.11. The number of hydrogen-bond acceptors (Lipinski definition) is 4. The molecule has 28 heavy (non-hydrogen) atoms. The summed E-state index contributed by atoms with van der Waals surface area (Å²) in [5, 5.41) is 1.96. The van der Waals surface area contributed by atoms with Gasteiger partial charge in [-0.25, -0.2) is 0 Å². The summed E-state index contributed by atoms with van der Waals surface area (Å²) < 4.78 is 5.64. The number of hydrogen-bond donors (Lipinski definition) is 2. The molecule has 3 aromatic rings.